The molecule has 0 unspecified atom stereocenters. The molecule has 17 heteroatoms. The van der Waals surface area contributed by atoms with Gasteiger partial charge in [-0.2, -0.15) is 0 Å². The zero-order valence-electron chi connectivity index (χ0n) is 21.9. The highest BCUT2D eigenvalue weighted by atomic mass is 16.4. The van der Waals surface area contributed by atoms with Crippen molar-refractivity contribution in [1.82, 2.24) is 26.6 Å². The number of carboxylic acid groups (broad SMARTS) is 3. The number of amides is 5. The Labute approximate surface area is 229 Å². The number of nitrogens with two attached hydrogens (primary N) is 1. The van der Waals surface area contributed by atoms with Gasteiger partial charge in [-0.05, 0) is 45.6 Å². The molecular formula is C23H36N6O11. The first-order valence-corrected chi connectivity index (χ1v) is 12.6. The third kappa shape index (κ3) is 12.1. The van der Waals surface area contributed by atoms with E-state index in [-0.39, 0.29) is 19.4 Å². The summed E-state index contributed by atoms with van der Waals surface area (Å²) in [6.07, 6.45) is -1.98. The van der Waals surface area contributed by atoms with Crippen molar-refractivity contribution in [1.29, 1.82) is 0 Å². The highest BCUT2D eigenvalue weighted by molar-refractivity contribution is 5.98. The number of hydrogen-bond donors (Lipinski definition) is 9. The molecule has 1 heterocycles. The fraction of sp³-hybridized carbons (Fsp3) is 0.652. The standard InChI is InChI=1S/C23H36N6O11/c1-11-19(36)26-13(5-7-16(30)31)21(38)27-12(4-2-3-9-24)20(37)28-14(6-8-17(32)33)22(39)29-15(10-18(34)35)23(40)25-11/h11-15H,2-10,24H2,1H3,(H,25,40)(H,26,36)(H,27,38)(H,28,37)(H,29,39)(H,30,31)(H,32,33)(H,34,35)/t11-,12-,13-,14-,15-/m0/s1. The molecule has 1 aliphatic heterocycles. The average molecular weight is 573 g/mol. The molecule has 5 amide bonds. The molecule has 0 aromatic carbocycles. The smallest absolute Gasteiger partial charge is 0.305 e. The van der Waals surface area contributed by atoms with Gasteiger partial charge in [0.05, 0.1) is 6.42 Å². The minimum atomic E-state index is -1.71. The molecule has 5 atom stereocenters. The highest BCUT2D eigenvalue weighted by Crippen LogP contribution is 2.08. The predicted octanol–water partition coefficient (Wildman–Crippen LogP) is -3.22. The fourth-order valence-corrected chi connectivity index (χ4v) is 3.71. The Hall–Kier alpha value is -4.28. The van der Waals surface area contributed by atoms with Gasteiger partial charge in [0.2, 0.25) is 29.5 Å². The van der Waals surface area contributed by atoms with Crippen molar-refractivity contribution >= 4 is 47.4 Å². The predicted molar refractivity (Wildman–Crippen MR) is 134 cm³/mol. The minimum Gasteiger partial charge on any atom is -0.481 e. The Morgan fingerprint density at radius 2 is 1.00 bits per heavy atom. The van der Waals surface area contributed by atoms with E-state index < -0.39 is 103 Å². The van der Waals surface area contributed by atoms with Gasteiger partial charge in [0.25, 0.3) is 0 Å². The zero-order valence-corrected chi connectivity index (χ0v) is 21.9. The van der Waals surface area contributed by atoms with Crippen molar-refractivity contribution in [2.24, 2.45) is 5.73 Å². The summed E-state index contributed by atoms with van der Waals surface area (Å²) in [6, 6.07) is -7.33. The maximum Gasteiger partial charge on any atom is 0.305 e. The summed E-state index contributed by atoms with van der Waals surface area (Å²) in [5.74, 6) is -8.92. The van der Waals surface area contributed by atoms with Crippen LogP contribution in [0.1, 0.15) is 58.3 Å². The lowest BCUT2D eigenvalue weighted by atomic mass is 10.0. The molecule has 1 rings (SSSR count). The molecule has 1 fully saturated rings. The molecule has 0 bridgehead atoms. The van der Waals surface area contributed by atoms with Gasteiger partial charge >= 0.3 is 17.9 Å². The Balaban J connectivity index is 3.49. The van der Waals surface area contributed by atoms with E-state index in [0.717, 1.165) is 0 Å². The third-order valence-electron chi connectivity index (χ3n) is 5.90. The van der Waals surface area contributed by atoms with Crippen molar-refractivity contribution < 1.29 is 53.7 Å². The van der Waals surface area contributed by atoms with Crippen LogP contribution in [0.3, 0.4) is 0 Å². The van der Waals surface area contributed by atoms with Gasteiger partial charge in [-0.25, -0.2) is 0 Å². The lowest BCUT2D eigenvalue weighted by Crippen LogP contribution is -2.57. The Morgan fingerprint density at radius 3 is 1.43 bits per heavy atom. The van der Waals surface area contributed by atoms with Crippen LogP contribution in [0.5, 0.6) is 0 Å². The molecule has 0 radical (unpaired) electrons. The fourth-order valence-electron chi connectivity index (χ4n) is 3.71. The van der Waals surface area contributed by atoms with E-state index in [4.69, 9.17) is 15.9 Å². The normalized spacial score (nSPS) is 24.8. The van der Waals surface area contributed by atoms with Gasteiger partial charge in [-0.1, -0.05) is 0 Å². The average Bonchev–Trinajstić information content (AvgIpc) is 2.86. The molecule has 1 aliphatic rings. The molecule has 224 valence electrons. The van der Waals surface area contributed by atoms with E-state index in [1.165, 1.54) is 6.92 Å². The molecule has 0 spiro atoms. The van der Waals surface area contributed by atoms with Crippen LogP contribution in [0.15, 0.2) is 0 Å². The van der Waals surface area contributed by atoms with Gasteiger partial charge in [-0.15, -0.1) is 0 Å². The molecule has 0 aliphatic carbocycles. The maximum absolute atomic E-state index is 13.2. The molecule has 0 aromatic rings. The number of nitrogens with one attached hydrogen (secondary N) is 5. The molecular weight excluding hydrogens is 536 g/mol. The molecule has 40 heavy (non-hydrogen) atoms. The van der Waals surface area contributed by atoms with Crippen LogP contribution in [-0.4, -0.2) is 99.5 Å². The number of rotatable bonds is 12. The summed E-state index contributed by atoms with van der Waals surface area (Å²) in [4.78, 5) is 98.4. The quantitative estimate of drug-likeness (QED) is 0.104. The van der Waals surface area contributed by atoms with Crippen molar-refractivity contribution in [2.45, 2.75) is 88.5 Å². The van der Waals surface area contributed by atoms with Crippen LogP contribution in [0, 0.1) is 0 Å². The highest BCUT2D eigenvalue weighted by Gasteiger charge is 2.34. The van der Waals surface area contributed by atoms with E-state index in [2.05, 4.69) is 26.6 Å². The van der Waals surface area contributed by atoms with E-state index in [0.29, 0.717) is 12.8 Å². The Kier molecular flexibility index (Phi) is 14.0. The molecule has 0 aromatic heterocycles. The first kappa shape index (κ1) is 33.7. The summed E-state index contributed by atoms with van der Waals surface area (Å²) in [5.41, 5.74) is 5.50. The first-order chi connectivity index (χ1) is 18.7. The first-order valence-electron chi connectivity index (χ1n) is 12.6. The largest absolute Gasteiger partial charge is 0.481 e. The number of hydrogen-bond acceptors (Lipinski definition) is 9. The number of carbonyl (C=O) groups is 8. The Morgan fingerprint density at radius 1 is 0.600 bits per heavy atom. The zero-order chi connectivity index (χ0) is 30.4. The van der Waals surface area contributed by atoms with Crippen molar-refractivity contribution in [3.05, 3.63) is 0 Å². The summed E-state index contributed by atoms with van der Waals surface area (Å²) in [5, 5.41) is 38.9. The van der Waals surface area contributed by atoms with Crippen LogP contribution in [0.2, 0.25) is 0 Å². The van der Waals surface area contributed by atoms with Crippen LogP contribution in [0.25, 0.3) is 0 Å². The summed E-state index contributed by atoms with van der Waals surface area (Å²) in [7, 11) is 0. The lowest BCUT2D eigenvalue weighted by molar-refractivity contribution is -0.141. The van der Waals surface area contributed by atoms with E-state index in [1.54, 1.807) is 0 Å². The number of unbranched alkanes of at least 4 members (excludes halogenated alkanes) is 1. The molecule has 1 saturated heterocycles. The molecule has 17 nitrogen and oxygen atoms in total. The lowest BCUT2D eigenvalue weighted by Gasteiger charge is -2.25. The van der Waals surface area contributed by atoms with Gasteiger partial charge in [-0.3, -0.25) is 38.4 Å². The topological polar surface area (TPSA) is 283 Å². The van der Waals surface area contributed by atoms with Crippen LogP contribution < -0.4 is 32.3 Å². The number of aliphatic carboxylic acids is 3. The minimum absolute atomic E-state index is 0.0275. The number of carbonyl (C=O) groups excluding carboxylic acids is 5. The SMILES string of the molecule is C[C@@H]1NC(=O)[C@H](CC(=O)O)NC(=O)[C@H](CCC(=O)O)NC(=O)[C@H](CCCCN)NC(=O)[C@H](CCC(=O)O)NC1=O. The van der Waals surface area contributed by atoms with Crippen molar-refractivity contribution in [3.8, 4) is 0 Å². The van der Waals surface area contributed by atoms with Crippen LogP contribution in [0.4, 0.5) is 0 Å². The number of carboxylic acids is 3. The van der Waals surface area contributed by atoms with Gasteiger partial charge < -0.3 is 47.6 Å². The van der Waals surface area contributed by atoms with E-state index >= 15 is 0 Å². The van der Waals surface area contributed by atoms with Crippen molar-refractivity contribution in [3.63, 3.8) is 0 Å². The van der Waals surface area contributed by atoms with E-state index in [1.807, 2.05) is 0 Å². The Bertz CT molecular complexity index is 988. The third-order valence-corrected chi connectivity index (χ3v) is 5.90. The monoisotopic (exact) mass is 572 g/mol. The summed E-state index contributed by atoms with van der Waals surface area (Å²) in [6.45, 7) is 1.49. The summed E-state index contributed by atoms with van der Waals surface area (Å²) < 4.78 is 0. The van der Waals surface area contributed by atoms with E-state index in [9.17, 15) is 43.5 Å². The maximum atomic E-state index is 13.2. The second-order valence-corrected chi connectivity index (χ2v) is 9.22. The van der Waals surface area contributed by atoms with Crippen molar-refractivity contribution in [2.75, 3.05) is 6.54 Å². The van der Waals surface area contributed by atoms with Gasteiger partial charge in [0, 0.05) is 12.8 Å². The van der Waals surface area contributed by atoms with Gasteiger partial charge in [0.15, 0.2) is 0 Å². The second-order valence-electron chi connectivity index (χ2n) is 9.22. The molecule has 10 N–H and O–H groups in total. The van der Waals surface area contributed by atoms with Crippen LogP contribution >= 0.6 is 0 Å². The van der Waals surface area contributed by atoms with Gasteiger partial charge in [0.1, 0.15) is 30.2 Å². The molecule has 0 saturated carbocycles. The van der Waals surface area contributed by atoms with Crippen LogP contribution in [-0.2, 0) is 38.4 Å². The second kappa shape index (κ2) is 16.6. The summed E-state index contributed by atoms with van der Waals surface area (Å²) >= 11 is 0.